The third-order valence-corrected chi connectivity index (χ3v) is 9.37. The van der Waals surface area contributed by atoms with E-state index in [-0.39, 0.29) is 13.0 Å². The van der Waals surface area contributed by atoms with E-state index in [0.29, 0.717) is 27.7 Å². The van der Waals surface area contributed by atoms with Crippen molar-refractivity contribution in [2.75, 3.05) is 10.6 Å². The third-order valence-electron chi connectivity index (χ3n) is 9.12. The predicted octanol–water partition coefficient (Wildman–Crippen LogP) is 7.47. The van der Waals surface area contributed by atoms with Crippen molar-refractivity contribution in [3.8, 4) is 5.75 Å². The third kappa shape index (κ3) is 7.01. The summed E-state index contributed by atoms with van der Waals surface area (Å²) in [6.07, 6.45) is -0.355. The summed E-state index contributed by atoms with van der Waals surface area (Å²) in [7, 11) is 0. The van der Waals surface area contributed by atoms with Gasteiger partial charge < -0.3 is 20.5 Å². The van der Waals surface area contributed by atoms with Crippen LogP contribution in [0.2, 0.25) is 5.02 Å². The molecule has 0 heterocycles. The van der Waals surface area contributed by atoms with Crippen molar-refractivity contribution in [3.63, 3.8) is 0 Å². The van der Waals surface area contributed by atoms with Gasteiger partial charge in [-0.25, -0.2) is 0 Å². The Morgan fingerprint density at radius 1 is 0.848 bits per heavy atom. The molecule has 4 unspecified atom stereocenters. The van der Waals surface area contributed by atoms with E-state index in [1.165, 1.54) is 6.92 Å². The monoisotopic (exact) mass is 638 g/mol. The summed E-state index contributed by atoms with van der Waals surface area (Å²) in [5, 5.41) is 18.3. The normalized spacial score (nSPS) is 21.0. The molecule has 4 atom stereocenters. The summed E-state index contributed by atoms with van der Waals surface area (Å²) in [4.78, 5) is 42.2. The minimum absolute atomic E-state index is 0.259. The van der Waals surface area contributed by atoms with Gasteiger partial charge in [-0.05, 0) is 104 Å². The van der Waals surface area contributed by atoms with Gasteiger partial charge in [0.2, 0.25) is 11.8 Å². The molecular weight excluding hydrogens is 600 g/mol. The van der Waals surface area contributed by atoms with Crippen LogP contribution in [0.3, 0.4) is 0 Å². The van der Waals surface area contributed by atoms with Crippen LogP contribution in [0.5, 0.6) is 5.75 Å². The van der Waals surface area contributed by atoms with Crippen LogP contribution < -0.4 is 15.4 Å². The number of halogens is 1. The van der Waals surface area contributed by atoms with Crippen LogP contribution in [0.4, 0.5) is 11.4 Å². The maximum absolute atomic E-state index is 14.2. The lowest BCUT2D eigenvalue weighted by atomic mass is 9.61. The van der Waals surface area contributed by atoms with Gasteiger partial charge in [-0.1, -0.05) is 60.1 Å². The predicted molar refractivity (Wildman–Crippen MR) is 181 cm³/mol. The molecule has 0 saturated heterocycles. The topological polar surface area (TPSA) is 105 Å². The van der Waals surface area contributed by atoms with E-state index in [1.807, 2.05) is 64.1 Å². The Balaban J connectivity index is 1.56. The fraction of sp³-hybridized carbons (Fsp3) is 0.289. The second-order valence-corrected chi connectivity index (χ2v) is 12.9. The van der Waals surface area contributed by atoms with Crippen LogP contribution in [0.1, 0.15) is 52.6 Å². The van der Waals surface area contributed by atoms with Crippen LogP contribution in [-0.4, -0.2) is 28.3 Å². The number of carbonyl (C=O) groups is 3. The molecule has 5 rings (SSSR count). The Morgan fingerprint density at radius 3 is 2.02 bits per heavy atom. The molecule has 4 aromatic carbocycles. The number of nitrogens with one attached hydrogen (secondary N) is 2. The average molecular weight is 639 g/mol. The molecule has 238 valence electrons. The van der Waals surface area contributed by atoms with Crippen molar-refractivity contribution in [3.05, 3.63) is 123 Å². The smallest absolute Gasteiger partial charge is 0.235 e. The van der Waals surface area contributed by atoms with Gasteiger partial charge >= 0.3 is 0 Å². The van der Waals surface area contributed by atoms with Crippen LogP contribution >= 0.6 is 11.6 Å². The number of hydrogen-bond donors (Lipinski definition) is 3. The highest BCUT2D eigenvalue weighted by Crippen LogP contribution is 2.47. The van der Waals surface area contributed by atoms with E-state index in [1.54, 1.807) is 48.5 Å². The van der Waals surface area contributed by atoms with Gasteiger partial charge in [0.1, 0.15) is 24.1 Å². The van der Waals surface area contributed by atoms with E-state index in [9.17, 15) is 19.5 Å². The number of aliphatic hydroxyl groups is 1. The Hall–Kier alpha value is -4.46. The van der Waals surface area contributed by atoms with Gasteiger partial charge in [-0.2, -0.15) is 0 Å². The van der Waals surface area contributed by atoms with Crippen molar-refractivity contribution in [1.82, 2.24) is 0 Å². The number of hydrogen-bond acceptors (Lipinski definition) is 5. The number of aryl methyl sites for hydroxylation is 2. The maximum Gasteiger partial charge on any atom is 0.235 e. The molecule has 0 aliphatic heterocycles. The van der Waals surface area contributed by atoms with Crippen molar-refractivity contribution in [1.29, 1.82) is 0 Å². The van der Waals surface area contributed by atoms with Crippen molar-refractivity contribution >= 4 is 40.6 Å². The molecule has 2 amide bonds. The van der Waals surface area contributed by atoms with Gasteiger partial charge in [0.15, 0.2) is 0 Å². The summed E-state index contributed by atoms with van der Waals surface area (Å²) in [6.45, 7) is 9.46. The molecule has 4 aromatic rings. The van der Waals surface area contributed by atoms with Gasteiger partial charge in [-0.3, -0.25) is 14.4 Å². The van der Waals surface area contributed by atoms with E-state index < -0.39 is 41.0 Å². The standard InChI is InChI=1S/C38H39ClN2O5/c1-22-9-6-13-30(24(22)3)40-36(43)34-32(42)20-38(5,45)35(37(44)41-31-14-7-10-23(2)25(31)4)33(34)27-11-8-12-29(19-27)46-21-26-15-17-28(39)18-16-26/h6-19,33-35,45H,20-21H2,1-5H3,(H,40,43)(H,41,44). The lowest BCUT2D eigenvalue weighted by Gasteiger charge is -2.44. The molecule has 0 spiro atoms. The maximum atomic E-state index is 14.2. The van der Waals surface area contributed by atoms with Crippen LogP contribution in [0, 0.1) is 39.5 Å². The van der Waals surface area contributed by atoms with Gasteiger partial charge in [0.25, 0.3) is 0 Å². The number of rotatable bonds is 8. The summed E-state index contributed by atoms with van der Waals surface area (Å²) in [5.41, 5.74) is 4.65. The van der Waals surface area contributed by atoms with E-state index in [2.05, 4.69) is 10.6 Å². The highest BCUT2D eigenvalue weighted by atomic mass is 35.5. The SMILES string of the molecule is Cc1cccc(NC(=O)C2C(=O)CC(C)(O)C(C(=O)Nc3cccc(C)c3C)C2c2cccc(OCc3ccc(Cl)cc3)c2)c1C. The first-order valence-electron chi connectivity index (χ1n) is 15.3. The van der Waals surface area contributed by atoms with E-state index in [4.69, 9.17) is 16.3 Å². The first kappa shape index (κ1) is 32.9. The Kier molecular flexibility index (Phi) is 9.66. The molecule has 8 heteroatoms. The molecular formula is C38H39ClN2O5. The van der Waals surface area contributed by atoms with Crippen molar-refractivity contribution in [2.24, 2.45) is 11.8 Å². The quantitative estimate of drug-likeness (QED) is 0.174. The number of ether oxygens (including phenoxy) is 1. The van der Waals surface area contributed by atoms with Crippen LogP contribution in [0.15, 0.2) is 84.9 Å². The molecule has 1 aliphatic rings. The second-order valence-electron chi connectivity index (χ2n) is 12.4. The van der Waals surface area contributed by atoms with E-state index >= 15 is 0 Å². The molecule has 1 saturated carbocycles. The highest BCUT2D eigenvalue weighted by molar-refractivity contribution is 6.30. The zero-order chi connectivity index (χ0) is 33.2. The average Bonchev–Trinajstić information content (AvgIpc) is 3.00. The van der Waals surface area contributed by atoms with E-state index in [0.717, 1.165) is 27.8 Å². The Labute approximate surface area is 275 Å². The number of Topliss-reactive ketones (excluding diaryl/α,β-unsaturated/α-hetero) is 1. The summed E-state index contributed by atoms with van der Waals surface area (Å²) in [5.74, 6) is -4.35. The van der Waals surface area contributed by atoms with Gasteiger partial charge in [0, 0.05) is 28.7 Å². The molecule has 1 aliphatic carbocycles. The highest BCUT2D eigenvalue weighted by Gasteiger charge is 2.56. The van der Waals surface area contributed by atoms with Gasteiger partial charge in [0.05, 0.1) is 11.5 Å². The lowest BCUT2D eigenvalue weighted by molar-refractivity contribution is -0.150. The molecule has 0 aromatic heterocycles. The van der Waals surface area contributed by atoms with Crippen molar-refractivity contribution in [2.45, 2.75) is 59.2 Å². The Bertz CT molecular complexity index is 1780. The molecule has 0 radical (unpaired) electrons. The number of anilines is 2. The fourth-order valence-electron chi connectivity index (χ4n) is 6.24. The zero-order valence-electron chi connectivity index (χ0n) is 26.7. The second kappa shape index (κ2) is 13.5. The van der Waals surface area contributed by atoms with Crippen molar-refractivity contribution < 1.29 is 24.2 Å². The lowest BCUT2D eigenvalue weighted by Crippen LogP contribution is -2.56. The fourth-order valence-corrected chi connectivity index (χ4v) is 6.37. The first-order chi connectivity index (χ1) is 21.9. The Morgan fingerprint density at radius 2 is 1.41 bits per heavy atom. The molecule has 1 fully saturated rings. The summed E-state index contributed by atoms with van der Waals surface area (Å²) >= 11 is 6.03. The number of benzene rings is 4. The first-order valence-corrected chi connectivity index (χ1v) is 15.7. The minimum atomic E-state index is -1.74. The largest absolute Gasteiger partial charge is 0.489 e. The number of carbonyl (C=O) groups excluding carboxylic acids is 3. The molecule has 0 bridgehead atoms. The molecule has 3 N–H and O–H groups in total. The zero-order valence-corrected chi connectivity index (χ0v) is 27.4. The molecule has 46 heavy (non-hydrogen) atoms. The molecule has 7 nitrogen and oxygen atoms in total. The number of amides is 2. The minimum Gasteiger partial charge on any atom is -0.489 e. The number of ketones is 1. The summed E-state index contributed by atoms with van der Waals surface area (Å²) in [6, 6.07) is 25.5. The summed E-state index contributed by atoms with van der Waals surface area (Å²) < 4.78 is 6.09. The van der Waals surface area contributed by atoms with Crippen LogP contribution in [0.25, 0.3) is 0 Å². The van der Waals surface area contributed by atoms with Crippen LogP contribution in [-0.2, 0) is 21.0 Å². The van der Waals surface area contributed by atoms with Gasteiger partial charge in [-0.15, -0.1) is 0 Å².